The lowest BCUT2D eigenvalue weighted by Crippen LogP contribution is -2.50. The first-order chi connectivity index (χ1) is 10.3. The van der Waals surface area contributed by atoms with Crippen molar-refractivity contribution in [1.82, 2.24) is 4.90 Å². The minimum absolute atomic E-state index is 0.0803. The van der Waals surface area contributed by atoms with E-state index in [4.69, 9.17) is 16.2 Å². The Morgan fingerprint density at radius 3 is 2.59 bits per heavy atom. The Morgan fingerprint density at radius 2 is 2.00 bits per heavy atom. The summed E-state index contributed by atoms with van der Waals surface area (Å²) in [5.74, 6) is -0.692. The Kier molecular flexibility index (Phi) is 4.87. The van der Waals surface area contributed by atoms with E-state index in [1.807, 2.05) is 6.92 Å². The third-order valence-corrected chi connectivity index (χ3v) is 4.20. The van der Waals surface area contributed by atoms with Crippen LogP contribution in [0.2, 0.25) is 0 Å². The summed E-state index contributed by atoms with van der Waals surface area (Å²) in [7, 11) is 1.62. The van der Waals surface area contributed by atoms with Gasteiger partial charge in [-0.1, -0.05) is 0 Å². The standard InChI is InChI=1S/C15H23FN4O2/c1-9-12(8-11(17)14(18)13(9)16)19(3)15(21)10(2)20-4-6-22-7-5-20/h8,10H,4-7,17-18H2,1-3H3. The van der Waals surface area contributed by atoms with E-state index in [1.54, 1.807) is 14.0 Å². The van der Waals surface area contributed by atoms with Crippen molar-refractivity contribution in [2.75, 3.05) is 49.7 Å². The lowest BCUT2D eigenvalue weighted by molar-refractivity contribution is -0.124. The molecule has 1 fully saturated rings. The zero-order chi connectivity index (χ0) is 16.4. The number of ether oxygens (including phenoxy) is 1. The molecule has 122 valence electrons. The molecular weight excluding hydrogens is 287 g/mol. The summed E-state index contributed by atoms with van der Waals surface area (Å²) in [4.78, 5) is 16.1. The monoisotopic (exact) mass is 310 g/mol. The number of hydrogen-bond acceptors (Lipinski definition) is 5. The molecule has 2 rings (SSSR count). The SMILES string of the molecule is Cc1c(N(C)C(=O)C(C)N2CCOCC2)cc(N)c(N)c1F. The highest BCUT2D eigenvalue weighted by molar-refractivity contribution is 5.98. The Balaban J connectivity index is 2.23. The van der Waals surface area contributed by atoms with Gasteiger partial charge < -0.3 is 21.1 Å². The quantitative estimate of drug-likeness (QED) is 0.813. The first-order valence-electron chi connectivity index (χ1n) is 7.28. The summed E-state index contributed by atoms with van der Waals surface area (Å²) < 4.78 is 19.4. The summed E-state index contributed by atoms with van der Waals surface area (Å²) >= 11 is 0. The van der Waals surface area contributed by atoms with E-state index >= 15 is 0 Å². The van der Waals surface area contributed by atoms with E-state index in [2.05, 4.69) is 4.90 Å². The van der Waals surface area contributed by atoms with Crippen molar-refractivity contribution in [3.05, 3.63) is 17.4 Å². The molecule has 0 spiro atoms. The highest BCUT2D eigenvalue weighted by atomic mass is 19.1. The minimum Gasteiger partial charge on any atom is -0.397 e. The van der Waals surface area contributed by atoms with Crippen molar-refractivity contribution in [2.45, 2.75) is 19.9 Å². The van der Waals surface area contributed by atoms with Crippen LogP contribution in [0.25, 0.3) is 0 Å². The van der Waals surface area contributed by atoms with Gasteiger partial charge in [0.25, 0.3) is 0 Å². The minimum atomic E-state index is -0.575. The number of anilines is 3. The lowest BCUT2D eigenvalue weighted by Gasteiger charge is -2.34. The van der Waals surface area contributed by atoms with Crippen molar-refractivity contribution >= 4 is 23.0 Å². The smallest absolute Gasteiger partial charge is 0.243 e. The van der Waals surface area contributed by atoms with E-state index in [-0.39, 0.29) is 23.3 Å². The number of nitrogens with zero attached hydrogens (tertiary/aromatic N) is 2. The Bertz CT molecular complexity index is 573. The van der Waals surface area contributed by atoms with E-state index < -0.39 is 5.82 Å². The van der Waals surface area contributed by atoms with Crippen molar-refractivity contribution < 1.29 is 13.9 Å². The molecule has 0 bridgehead atoms. The number of hydrogen-bond donors (Lipinski definition) is 2. The van der Waals surface area contributed by atoms with Crippen LogP contribution in [-0.4, -0.2) is 50.2 Å². The fourth-order valence-corrected chi connectivity index (χ4v) is 2.64. The number of halogens is 1. The van der Waals surface area contributed by atoms with Gasteiger partial charge >= 0.3 is 0 Å². The molecule has 1 aliphatic heterocycles. The maximum Gasteiger partial charge on any atom is 0.243 e. The van der Waals surface area contributed by atoms with Gasteiger partial charge in [-0.05, 0) is 19.9 Å². The maximum atomic E-state index is 14.1. The molecule has 1 saturated heterocycles. The molecule has 1 amide bonds. The van der Waals surface area contributed by atoms with Crippen molar-refractivity contribution in [2.24, 2.45) is 0 Å². The van der Waals surface area contributed by atoms with Crippen LogP contribution in [0.3, 0.4) is 0 Å². The van der Waals surface area contributed by atoms with Crippen LogP contribution in [-0.2, 0) is 9.53 Å². The first-order valence-corrected chi connectivity index (χ1v) is 7.28. The van der Waals surface area contributed by atoms with Gasteiger partial charge in [0.05, 0.1) is 36.3 Å². The van der Waals surface area contributed by atoms with Crippen LogP contribution < -0.4 is 16.4 Å². The van der Waals surface area contributed by atoms with Gasteiger partial charge in [0.15, 0.2) is 5.82 Å². The molecule has 1 heterocycles. The van der Waals surface area contributed by atoms with Crippen LogP contribution in [0.5, 0.6) is 0 Å². The first kappa shape index (κ1) is 16.5. The van der Waals surface area contributed by atoms with Gasteiger partial charge in [-0.15, -0.1) is 0 Å². The van der Waals surface area contributed by atoms with Gasteiger partial charge in [0.2, 0.25) is 5.91 Å². The largest absolute Gasteiger partial charge is 0.397 e. The molecule has 0 aromatic heterocycles. The van der Waals surface area contributed by atoms with Crippen LogP contribution in [0, 0.1) is 12.7 Å². The van der Waals surface area contributed by atoms with E-state index in [9.17, 15) is 9.18 Å². The van der Waals surface area contributed by atoms with Gasteiger partial charge in [0.1, 0.15) is 0 Å². The van der Waals surface area contributed by atoms with E-state index in [0.717, 1.165) is 0 Å². The highest BCUT2D eigenvalue weighted by Gasteiger charge is 2.27. The molecule has 7 heteroatoms. The zero-order valence-electron chi connectivity index (χ0n) is 13.2. The van der Waals surface area contributed by atoms with Crippen LogP contribution in [0.1, 0.15) is 12.5 Å². The molecule has 1 aromatic carbocycles. The molecule has 4 N–H and O–H groups in total. The summed E-state index contributed by atoms with van der Waals surface area (Å²) in [6.45, 7) is 6.07. The average Bonchev–Trinajstić information content (AvgIpc) is 2.55. The maximum absolute atomic E-state index is 14.1. The second-order valence-electron chi connectivity index (χ2n) is 5.56. The number of nitrogens with two attached hydrogens (primary N) is 2. The number of likely N-dealkylation sites (N-methyl/N-ethyl adjacent to an activating group) is 1. The van der Waals surface area contributed by atoms with E-state index in [0.29, 0.717) is 37.6 Å². The highest BCUT2D eigenvalue weighted by Crippen LogP contribution is 2.31. The summed E-state index contributed by atoms with van der Waals surface area (Å²) in [6.07, 6.45) is 0. The molecule has 0 radical (unpaired) electrons. The Morgan fingerprint density at radius 1 is 1.41 bits per heavy atom. The lowest BCUT2D eigenvalue weighted by atomic mass is 10.1. The Hall–Kier alpha value is -1.86. The second-order valence-corrected chi connectivity index (χ2v) is 5.56. The summed E-state index contributed by atoms with van der Waals surface area (Å²) in [5.41, 5.74) is 12.1. The molecule has 1 atom stereocenters. The second kappa shape index (κ2) is 6.50. The number of rotatable bonds is 3. The fourth-order valence-electron chi connectivity index (χ4n) is 2.64. The molecular formula is C15H23FN4O2. The van der Waals surface area contributed by atoms with Crippen LogP contribution in [0.4, 0.5) is 21.5 Å². The van der Waals surface area contributed by atoms with Gasteiger partial charge in [-0.2, -0.15) is 0 Å². The normalized spacial score (nSPS) is 17.3. The molecule has 1 aliphatic rings. The number of nitrogen functional groups attached to an aromatic ring is 2. The molecule has 6 nitrogen and oxygen atoms in total. The number of morpholine rings is 1. The van der Waals surface area contributed by atoms with Crippen molar-refractivity contribution in [3.63, 3.8) is 0 Å². The van der Waals surface area contributed by atoms with Crippen LogP contribution >= 0.6 is 0 Å². The topological polar surface area (TPSA) is 84.8 Å². The van der Waals surface area contributed by atoms with Gasteiger partial charge in [0, 0.05) is 25.7 Å². The van der Waals surface area contributed by atoms with Gasteiger partial charge in [-0.3, -0.25) is 9.69 Å². The number of amides is 1. The van der Waals surface area contributed by atoms with Gasteiger partial charge in [-0.25, -0.2) is 4.39 Å². The fraction of sp³-hybridized carbons (Fsp3) is 0.533. The molecule has 1 unspecified atom stereocenters. The average molecular weight is 310 g/mol. The molecule has 0 aliphatic carbocycles. The predicted molar refractivity (Wildman–Crippen MR) is 85.2 cm³/mol. The number of carbonyl (C=O) groups is 1. The molecule has 22 heavy (non-hydrogen) atoms. The number of benzene rings is 1. The number of carbonyl (C=O) groups excluding carboxylic acids is 1. The van der Waals surface area contributed by atoms with Crippen molar-refractivity contribution in [3.8, 4) is 0 Å². The predicted octanol–water partition coefficient (Wildman–Crippen LogP) is 0.982. The molecule has 1 aromatic rings. The third-order valence-electron chi connectivity index (χ3n) is 4.20. The zero-order valence-corrected chi connectivity index (χ0v) is 13.2. The van der Waals surface area contributed by atoms with Crippen LogP contribution in [0.15, 0.2) is 6.07 Å². The Labute approximate surface area is 129 Å². The third kappa shape index (κ3) is 3.00. The molecule has 0 saturated carbocycles. The van der Waals surface area contributed by atoms with E-state index in [1.165, 1.54) is 11.0 Å². The van der Waals surface area contributed by atoms with Crippen molar-refractivity contribution in [1.29, 1.82) is 0 Å². The summed E-state index contributed by atoms with van der Waals surface area (Å²) in [6, 6.07) is 1.23. The summed E-state index contributed by atoms with van der Waals surface area (Å²) in [5, 5.41) is 0.